The van der Waals surface area contributed by atoms with Crippen LogP contribution in [0.4, 0.5) is 0 Å². The van der Waals surface area contributed by atoms with Crippen molar-refractivity contribution >= 4 is 23.2 Å². The fourth-order valence-electron chi connectivity index (χ4n) is 1.62. The van der Waals surface area contributed by atoms with Crippen molar-refractivity contribution in [2.45, 2.75) is 18.8 Å². The molecule has 82 valence electrons. The lowest BCUT2D eigenvalue weighted by molar-refractivity contribution is -0.159. The zero-order valence-corrected chi connectivity index (χ0v) is 9.89. The minimum absolute atomic E-state index is 0.0349. The van der Waals surface area contributed by atoms with Crippen LogP contribution in [0.3, 0.4) is 0 Å². The molecule has 0 aromatic heterocycles. The largest absolute Gasteiger partial charge is 0.343 e. The monoisotopic (exact) mass is 246 g/mol. The normalized spacial score (nSPS) is 30.7. The molecule has 0 radical (unpaired) electrons. The van der Waals surface area contributed by atoms with Gasteiger partial charge in [0.1, 0.15) is 0 Å². The molecular formula is C11H12Cl2O2. The molecule has 1 saturated heterocycles. The van der Waals surface area contributed by atoms with E-state index in [1.54, 1.807) is 0 Å². The molecule has 15 heavy (non-hydrogen) atoms. The topological polar surface area (TPSA) is 18.5 Å². The number of alkyl halides is 1. The Balaban J connectivity index is 2.20. The van der Waals surface area contributed by atoms with Gasteiger partial charge in [-0.3, -0.25) is 0 Å². The molecule has 0 unspecified atom stereocenters. The Labute approximate surface area is 99.1 Å². The zero-order valence-electron chi connectivity index (χ0n) is 8.37. The molecule has 0 N–H and O–H groups in total. The molecule has 2 rings (SSSR count). The highest BCUT2D eigenvalue weighted by molar-refractivity contribution is 6.30. The van der Waals surface area contributed by atoms with Gasteiger partial charge in [-0.15, -0.1) is 11.6 Å². The van der Waals surface area contributed by atoms with Gasteiger partial charge in [-0.05, 0) is 19.1 Å². The summed E-state index contributed by atoms with van der Waals surface area (Å²) in [7, 11) is 0. The Morgan fingerprint density at radius 3 is 2.60 bits per heavy atom. The first-order valence-corrected chi connectivity index (χ1v) is 5.69. The van der Waals surface area contributed by atoms with E-state index in [4.69, 9.17) is 32.7 Å². The molecule has 0 spiro atoms. The van der Waals surface area contributed by atoms with E-state index in [1.807, 2.05) is 31.2 Å². The molecule has 2 nitrogen and oxygen atoms in total. The van der Waals surface area contributed by atoms with Gasteiger partial charge in [0.25, 0.3) is 0 Å². The summed E-state index contributed by atoms with van der Waals surface area (Å²) in [6.07, 6.45) is -0.0349. The van der Waals surface area contributed by atoms with Crippen LogP contribution in [0.1, 0.15) is 12.5 Å². The molecule has 0 aliphatic carbocycles. The molecular weight excluding hydrogens is 235 g/mol. The van der Waals surface area contributed by atoms with Crippen LogP contribution < -0.4 is 0 Å². The average molecular weight is 247 g/mol. The first-order valence-electron chi connectivity index (χ1n) is 4.78. The van der Waals surface area contributed by atoms with Crippen LogP contribution >= 0.6 is 23.2 Å². The van der Waals surface area contributed by atoms with E-state index in [2.05, 4.69) is 0 Å². The quantitative estimate of drug-likeness (QED) is 0.747. The molecule has 0 amide bonds. The number of halogens is 2. The molecule has 1 heterocycles. The second-order valence-corrected chi connectivity index (χ2v) is 4.40. The Hall–Kier alpha value is -0.280. The van der Waals surface area contributed by atoms with Crippen LogP contribution in [0.15, 0.2) is 24.3 Å². The van der Waals surface area contributed by atoms with Gasteiger partial charge in [0.05, 0.1) is 18.6 Å². The molecule has 1 aliphatic rings. The van der Waals surface area contributed by atoms with Crippen molar-refractivity contribution in [1.82, 2.24) is 0 Å². The molecule has 4 heteroatoms. The van der Waals surface area contributed by atoms with Crippen molar-refractivity contribution in [3.63, 3.8) is 0 Å². The van der Waals surface area contributed by atoms with Crippen LogP contribution in [-0.2, 0) is 15.3 Å². The van der Waals surface area contributed by atoms with Gasteiger partial charge in [0, 0.05) is 10.6 Å². The Morgan fingerprint density at radius 2 is 2.07 bits per heavy atom. The first-order chi connectivity index (χ1) is 7.14. The maximum Gasteiger partial charge on any atom is 0.192 e. The molecule has 0 saturated carbocycles. The van der Waals surface area contributed by atoms with Gasteiger partial charge in [0.15, 0.2) is 5.79 Å². The number of hydrogen-bond donors (Lipinski definition) is 0. The van der Waals surface area contributed by atoms with Crippen LogP contribution in [-0.4, -0.2) is 18.6 Å². The average Bonchev–Trinajstić information content (AvgIpc) is 2.62. The molecule has 1 fully saturated rings. The van der Waals surface area contributed by atoms with Gasteiger partial charge in [-0.25, -0.2) is 0 Å². The van der Waals surface area contributed by atoms with Crippen molar-refractivity contribution in [2.75, 3.05) is 12.5 Å². The predicted octanol–water partition coefficient (Wildman–Crippen LogP) is 3.17. The minimum atomic E-state index is -0.690. The van der Waals surface area contributed by atoms with E-state index in [0.717, 1.165) is 5.56 Å². The van der Waals surface area contributed by atoms with Gasteiger partial charge in [0.2, 0.25) is 0 Å². The number of benzene rings is 1. The van der Waals surface area contributed by atoms with Gasteiger partial charge in [-0.2, -0.15) is 0 Å². The molecule has 2 atom stereocenters. The highest BCUT2D eigenvalue weighted by atomic mass is 35.5. The van der Waals surface area contributed by atoms with Gasteiger partial charge < -0.3 is 9.47 Å². The zero-order chi connectivity index (χ0) is 10.9. The highest BCUT2D eigenvalue weighted by Crippen LogP contribution is 2.34. The third kappa shape index (κ3) is 2.28. The summed E-state index contributed by atoms with van der Waals surface area (Å²) in [6, 6.07) is 7.45. The lowest BCUT2D eigenvalue weighted by atomic mass is 10.1. The summed E-state index contributed by atoms with van der Waals surface area (Å²) in [6.45, 7) is 2.42. The van der Waals surface area contributed by atoms with Crippen LogP contribution in [0.25, 0.3) is 0 Å². The maximum absolute atomic E-state index is 5.82. The van der Waals surface area contributed by atoms with Crippen molar-refractivity contribution < 1.29 is 9.47 Å². The van der Waals surface area contributed by atoms with E-state index in [-0.39, 0.29) is 6.10 Å². The van der Waals surface area contributed by atoms with Gasteiger partial charge >= 0.3 is 0 Å². The molecule has 1 aromatic rings. The number of ether oxygens (including phenoxy) is 2. The van der Waals surface area contributed by atoms with Crippen LogP contribution in [0, 0.1) is 0 Å². The second-order valence-electron chi connectivity index (χ2n) is 3.66. The van der Waals surface area contributed by atoms with E-state index in [1.165, 1.54) is 0 Å². The van der Waals surface area contributed by atoms with Gasteiger partial charge in [-0.1, -0.05) is 23.7 Å². The van der Waals surface area contributed by atoms with Crippen molar-refractivity contribution in [1.29, 1.82) is 0 Å². The molecule has 1 aromatic carbocycles. The third-order valence-corrected chi connectivity index (χ3v) is 3.07. The first kappa shape index (κ1) is 11.2. The third-order valence-electron chi connectivity index (χ3n) is 2.48. The minimum Gasteiger partial charge on any atom is -0.343 e. The van der Waals surface area contributed by atoms with E-state index < -0.39 is 5.79 Å². The van der Waals surface area contributed by atoms with Crippen molar-refractivity contribution in [2.24, 2.45) is 0 Å². The summed E-state index contributed by atoms with van der Waals surface area (Å²) in [5.41, 5.74) is 0.958. The summed E-state index contributed by atoms with van der Waals surface area (Å²) in [5, 5.41) is 0.703. The van der Waals surface area contributed by atoms with E-state index >= 15 is 0 Å². The van der Waals surface area contributed by atoms with Crippen molar-refractivity contribution in [3.05, 3.63) is 34.9 Å². The van der Waals surface area contributed by atoms with Crippen LogP contribution in [0.5, 0.6) is 0 Å². The Morgan fingerprint density at radius 1 is 1.40 bits per heavy atom. The second kappa shape index (κ2) is 4.30. The Kier molecular flexibility index (Phi) is 3.21. The standard InChI is InChI=1S/C11H12Cl2O2/c1-11(14-7-10(6-12)15-11)8-2-4-9(13)5-3-8/h2-5,10H,6-7H2,1H3/t10-,11-/m0/s1. The fraction of sp³-hybridized carbons (Fsp3) is 0.455. The molecule has 0 bridgehead atoms. The predicted molar refractivity (Wildman–Crippen MR) is 60.3 cm³/mol. The Bertz CT molecular complexity index is 339. The smallest absolute Gasteiger partial charge is 0.192 e. The lowest BCUT2D eigenvalue weighted by Gasteiger charge is -2.23. The summed E-state index contributed by atoms with van der Waals surface area (Å²) >= 11 is 11.5. The number of rotatable bonds is 2. The summed E-state index contributed by atoms with van der Waals surface area (Å²) in [5.74, 6) is -0.243. The molecule has 1 aliphatic heterocycles. The number of hydrogen-bond acceptors (Lipinski definition) is 2. The highest BCUT2D eigenvalue weighted by Gasteiger charge is 2.38. The summed E-state index contributed by atoms with van der Waals surface area (Å²) < 4.78 is 11.3. The van der Waals surface area contributed by atoms with E-state index in [0.29, 0.717) is 17.5 Å². The fourth-order valence-corrected chi connectivity index (χ4v) is 1.90. The summed E-state index contributed by atoms with van der Waals surface area (Å²) in [4.78, 5) is 0. The van der Waals surface area contributed by atoms with Crippen molar-refractivity contribution in [3.8, 4) is 0 Å². The SMILES string of the molecule is C[C@]1(c2ccc(Cl)cc2)OC[C@H](CCl)O1. The maximum atomic E-state index is 5.82. The van der Waals surface area contributed by atoms with E-state index in [9.17, 15) is 0 Å². The van der Waals surface area contributed by atoms with Crippen LogP contribution in [0.2, 0.25) is 5.02 Å². The lowest BCUT2D eigenvalue weighted by Crippen LogP contribution is -2.24.